The van der Waals surface area contributed by atoms with Crippen molar-refractivity contribution in [3.05, 3.63) is 134 Å². The number of nitrogens with one attached hydrogen (secondary N) is 1. The van der Waals surface area contributed by atoms with Gasteiger partial charge in [0.05, 0.1) is 31.7 Å². The summed E-state index contributed by atoms with van der Waals surface area (Å²) in [4.78, 5) is 30.4. The fourth-order valence-electron chi connectivity index (χ4n) is 7.77. The molecule has 2 aliphatic rings. The number of hydrogen-bond acceptors (Lipinski definition) is 9. The van der Waals surface area contributed by atoms with Crippen LogP contribution < -0.4 is 16.0 Å². The van der Waals surface area contributed by atoms with Gasteiger partial charge in [-0.05, 0) is 63.4 Å². The number of hydrogen-bond donors (Lipinski definition) is 1. The smallest absolute Gasteiger partial charge is 0.330 e. The predicted molar refractivity (Wildman–Crippen MR) is 201 cm³/mol. The van der Waals surface area contributed by atoms with Crippen molar-refractivity contribution < 1.29 is 18.5 Å². The molecule has 0 bridgehead atoms. The number of aromatic amines is 1. The Bertz CT molecular complexity index is 1920. The molecule has 2 aliphatic heterocycles. The number of methoxy groups -OCH3 is 1. The van der Waals surface area contributed by atoms with E-state index in [0.29, 0.717) is 25.1 Å². The van der Waals surface area contributed by atoms with Gasteiger partial charge in [0.15, 0.2) is 0 Å². The summed E-state index contributed by atoms with van der Waals surface area (Å²) in [6.45, 7) is 11.2. The second-order valence-corrected chi connectivity index (χ2v) is 15.4. The molecule has 2 fully saturated rings. The van der Waals surface area contributed by atoms with Gasteiger partial charge in [0, 0.05) is 43.4 Å². The monoisotopic (exact) mass is 725 g/mol. The Labute approximate surface area is 306 Å². The van der Waals surface area contributed by atoms with Crippen LogP contribution in [-0.2, 0) is 19.3 Å². The van der Waals surface area contributed by atoms with E-state index in [2.05, 4.69) is 109 Å². The van der Waals surface area contributed by atoms with E-state index in [4.69, 9.17) is 18.5 Å². The SMILES string of the molecule is COc1ccc(C(c2ccccc2)(c2ccccc2)N2C[C@H]3O[C@@H](n4cc(C)c(=O)[nH]c4=O)C[C@@]3(OP(OCCC#N)N(C(C)C)C(C)C)C2)cc1. The van der Waals surface area contributed by atoms with Gasteiger partial charge in [-0.2, -0.15) is 5.26 Å². The first kappa shape index (κ1) is 37.6. The number of aromatic nitrogens is 2. The van der Waals surface area contributed by atoms with Crippen molar-refractivity contribution in [3.63, 3.8) is 0 Å². The molecule has 52 heavy (non-hydrogen) atoms. The first-order valence-electron chi connectivity index (χ1n) is 17.8. The fraction of sp³-hybridized carbons (Fsp3) is 0.425. The fourth-order valence-corrected chi connectivity index (χ4v) is 9.62. The van der Waals surface area contributed by atoms with Crippen LogP contribution in [0.4, 0.5) is 0 Å². The number of rotatable bonds is 14. The molecule has 3 aromatic carbocycles. The first-order valence-corrected chi connectivity index (χ1v) is 18.9. The van der Waals surface area contributed by atoms with E-state index in [0.717, 1.165) is 22.4 Å². The summed E-state index contributed by atoms with van der Waals surface area (Å²) in [5.41, 5.74) is 0.918. The molecule has 1 N–H and O–H groups in total. The highest BCUT2D eigenvalue weighted by molar-refractivity contribution is 7.44. The highest BCUT2D eigenvalue weighted by Crippen LogP contribution is 2.58. The lowest BCUT2D eigenvalue weighted by Crippen LogP contribution is -2.49. The molecule has 4 atom stereocenters. The third-order valence-electron chi connectivity index (χ3n) is 10.0. The molecule has 1 aromatic heterocycles. The lowest BCUT2D eigenvalue weighted by atomic mass is 9.75. The molecule has 1 unspecified atom stereocenters. The van der Waals surface area contributed by atoms with Gasteiger partial charge in [0.25, 0.3) is 14.1 Å². The van der Waals surface area contributed by atoms with Crippen LogP contribution in [0.2, 0.25) is 0 Å². The van der Waals surface area contributed by atoms with Gasteiger partial charge in [0.1, 0.15) is 23.7 Å². The van der Waals surface area contributed by atoms with Gasteiger partial charge in [-0.15, -0.1) is 0 Å². The summed E-state index contributed by atoms with van der Waals surface area (Å²) in [7, 11) is -0.0205. The summed E-state index contributed by atoms with van der Waals surface area (Å²) < 4.78 is 30.0. The van der Waals surface area contributed by atoms with Crippen molar-refractivity contribution in [1.29, 1.82) is 5.26 Å². The van der Waals surface area contributed by atoms with E-state index >= 15 is 0 Å². The molecule has 12 heteroatoms. The van der Waals surface area contributed by atoms with Crippen molar-refractivity contribution in [3.8, 4) is 11.8 Å². The number of benzene rings is 3. The maximum absolute atomic E-state index is 13.2. The lowest BCUT2D eigenvalue weighted by molar-refractivity contribution is -0.0289. The predicted octanol–water partition coefficient (Wildman–Crippen LogP) is 6.48. The first-order chi connectivity index (χ1) is 25.0. The zero-order chi connectivity index (χ0) is 37.0. The van der Waals surface area contributed by atoms with Crippen LogP contribution in [0.1, 0.15) is 69.0 Å². The molecule has 6 rings (SSSR count). The minimum absolute atomic E-state index is 0.0789. The van der Waals surface area contributed by atoms with Crippen LogP contribution in [0.3, 0.4) is 0 Å². The Hall–Kier alpha value is -4.14. The summed E-state index contributed by atoms with van der Waals surface area (Å²) in [5.74, 6) is 0.757. The summed E-state index contributed by atoms with van der Waals surface area (Å²) in [6.07, 6.45) is 0.929. The zero-order valence-corrected chi connectivity index (χ0v) is 31.6. The third-order valence-corrected chi connectivity index (χ3v) is 12.2. The molecule has 2 saturated heterocycles. The van der Waals surface area contributed by atoms with Crippen molar-refractivity contribution >= 4 is 8.53 Å². The molecular formula is C40H48N5O6P. The van der Waals surface area contributed by atoms with E-state index in [1.807, 2.05) is 24.3 Å². The van der Waals surface area contributed by atoms with Gasteiger partial charge in [-0.25, -0.2) is 9.46 Å². The van der Waals surface area contributed by atoms with Gasteiger partial charge in [-0.3, -0.25) is 19.2 Å². The number of fused-ring (bicyclic) bond motifs is 1. The van der Waals surface area contributed by atoms with Crippen LogP contribution in [0.15, 0.2) is 101 Å². The van der Waals surface area contributed by atoms with Crippen LogP contribution in [0.25, 0.3) is 0 Å². The minimum atomic E-state index is -1.68. The van der Waals surface area contributed by atoms with Crippen LogP contribution in [0, 0.1) is 18.3 Å². The number of H-pyrrole nitrogens is 1. The highest BCUT2D eigenvalue weighted by atomic mass is 31.2. The van der Waals surface area contributed by atoms with E-state index in [1.165, 1.54) is 4.57 Å². The average molecular weight is 726 g/mol. The van der Waals surface area contributed by atoms with Gasteiger partial charge in [0.2, 0.25) is 0 Å². The Morgan fingerprint density at radius 3 is 2.13 bits per heavy atom. The van der Waals surface area contributed by atoms with Crippen LogP contribution in [-0.4, -0.2) is 69.7 Å². The number of likely N-dealkylation sites (tertiary alicyclic amines) is 1. The second kappa shape index (κ2) is 15.8. The molecule has 4 aromatic rings. The second-order valence-electron chi connectivity index (χ2n) is 14.0. The molecular weight excluding hydrogens is 677 g/mol. The zero-order valence-electron chi connectivity index (χ0n) is 30.7. The van der Waals surface area contributed by atoms with Crippen molar-refractivity contribution in [2.75, 3.05) is 26.8 Å². The average Bonchev–Trinajstić information content (AvgIpc) is 3.65. The van der Waals surface area contributed by atoms with E-state index in [1.54, 1.807) is 20.2 Å². The van der Waals surface area contributed by atoms with Gasteiger partial charge in [-0.1, -0.05) is 72.8 Å². The standard InChI is InChI=1S/C40H48N5O6P/c1-28(2)45(29(3)4)52(49-23-13-22-41)51-39-24-36(44-25-30(5)37(46)42-38(44)47)50-35(39)26-43(27-39)40(31-14-9-7-10-15-31,32-16-11-8-12-17-32)33-18-20-34(48-6)21-19-33/h7-12,14-21,25,28-29,35-36H,13,23-24,26-27H2,1-6H3,(H,42,46,47)/t35-,36-,39-,52?/m1/s1. The minimum Gasteiger partial charge on any atom is -0.497 e. The quantitative estimate of drug-likeness (QED) is 0.0885. The molecule has 3 heterocycles. The number of nitriles is 1. The van der Waals surface area contributed by atoms with Gasteiger partial charge < -0.3 is 18.5 Å². The Balaban J connectivity index is 1.53. The van der Waals surface area contributed by atoms with Crippen LogP contribution >= 0.6 is 8.53 Å². The van der Waals surface area contributed by atoms with Crippen molar-refractivity contribution in [2.45, 2.75) is 83.0 Å². The molecule has 11 nitrogen and oxygen atoms in total. The number of ether oxygens (including phenoxy) is 2. The molecule has 0 aliphatic carbocycles. The van der Waals surface area contributed by atoms with E-state index in [9.17, 15) is 14.9 Å². The molecule has 0 radical (unpaired) electrons. The largest absolute Gasteiger partial charge is 0.497 e. The van der Waals surface area contributed by atoms with Gasteiger partial charge >= 0.3 is 5.69 Å². The topological polar surface area (TPSA) is 122 Å². The Morgan fingerprint density at radius 1 is 0.981 bits per heavy atom. The lowest BCUT2D eigenvalue weighted by Gasteiger charge is -2.45. The maximum Gasteiger partial charge on any atom is 0.330 e. The molecule has 274 valence electrons. The third kappa shape index (κ3) is 7.12. The van der Waals surface area contributed by atoms with Crippen molar-refractivity contribution in [2.24, 2.45) is 0 Å². The number of nitrogens with zero attached hydrogens (tertiary/aromatic N) is 4. The molecule has 0 amide bonds. The summed E-state index contributed by atoms with van der Waals surface area (Å²) in [5, 5.41) is 9.41. The van der Waals surface area contributed by atoms with E-state index < -0.39 is 43.2 Å². The Kier molecular flexibility index (Phi) is 11.5. The normalized spacial score (nSPS) is 21.1. The summed E-state index contributed by atoms with van der Waals surface area (Å²) >= 11 is 0. The van der Waals surface area contributed by atoms with E-state index in [-0.39, 0.29) is 25.1 Å². The number of aryl methyl sites for hydroxylation is 1. The van der Waals surface area contributed by atoms with Crippen LogP contribution in [0.5, 0.6) is 5.75 Å². The summed E-state index contributed by atoms with van der Waals surface area (Å²) in [6, 6.07) is 31.5. The maximum atomic E-state index is 13.2. The Morgan fingerprint density at radius 2 is 1.58 bits per heavy atom. The van der Waals surface area contributed by atoms with Crippen molar-refractivity contribution in [1.82, 2.24) is 19.1 Å². The molecule has 0 saturated carbocycles. The highest BCUT2D eigenvalue weighted by Gasteiger charge is 2.62. The molecule has 0 spiro atoms.